The second kappa shape index (κ2) is 12.0. The summed E-state index contributed by atoms with van der Waals surface area (Å²) in [6, 6.07) is 23.4. The molecule has 3 aromatic rings. The molecule has 1 N–H and O–H groups in total. The van der Waals surface area contributed by atoms with Gasteiger partial charge in [-0.1, -0.05) is 48.9 Å². The van der Waals surface area contributed by atoms with E-state index in [4.69, 9.17) is 28.6 Å². The Morgan fingerprint density at radius 2 is 1.72 bits per heavy atom. The Balaban J connectivity index is 1.48. The number of halogens is 1. The fraction of sp³-hybridized carbons (Fsp3) is 0.250. The summed E-state index contributed by atoms with van der Waals surface area (Å²) in [6.45, 7) is 3.18. The highest BCUT2D eigenvalue weighted by Gasteiger charge is 2.43. The Morgan fingerprint density at radius 1 is 1.03 bits per heavy atom. The minimum absolute atomic E-state index is 0.0169. The van der Waals surface area contributed by atoms with Crippen LogP contribution in [0.3, 0.4) is 0 Å². The van der Waals surface area contributed by atoms with Crippen LogP contribution in [-0.2, 0) is 16.0 Å². The van der Waals surface area contributed by atoms with Crippen LogP contribution in [0.4, 0.5) is 11.4 Å². The number of carbonyl (C=O) groups is 2. The van der Waals surface area contributed by atoms with Crippen molar-refractivity contribution in [1.29, 1.82) is 0 Å². The van der Waals surface area contributed by atoms with Gasteiger partial charge >= 0.3 is 0 Å². The third-order valence-corrected chi connectivity index (χ3v) is 6.55. The largest absolute Gasteiger partial charge is 0.494 e. The van der Waals surface area contributed by atoms with E-state index in [1.165, 1.54) is 4.90 Å². The maximum absolute atomic E-state index is 13.5. The fourth-order valence-electron chi connectivity index (χ4n) is 4.04. The molecule has 1 fully saturated rings. The highest BCUT2D eigenvalue weighted by Crippen LogP contribution is 2.28. The quantitative estimate of drug-likeness (QED) is 0.347. The molecule has 2 amide bonds. The molecule has 1 heterocycles. The number of hydrogen-bond acceptors (Lipinski definition) is 4. The molecule has 0 saturated carbocycles. The number of thiocarbonyl (C=S) groups is 1. The summed E-state index contributed by atoms with van der Waals surface area (Å²) in [5.41, 5.74) is 2.40. The van der Waals surface area contributed by atoms with Gasteiger partial charge in [-0.25, -0.2) is 0 Å². The summed E-state index contributed by atoms with van der Waals surface area (Å²) < 4.78 is 5.60. The highest BCUT2D eigenvalue weighted by molar-refractivity contribution is 7.80. The standard InChI is InChI=1S/C28H28ClN3O3S/c1-2-18-35-24-14-12-22(13-15-24)30-26(33)19-25-27(34)32(23-6-4-3-5-7-23)28(36)31(25)17-16-20-8-10-21(29)11-9-20/h3-15,25H,2,16-19H2,1H3,(H,30,33)/t25-/m0/s1. The van der Waals surface area contributed by atoms with Crippen LogP contribution in [0.1, 0.15) is 25.3 Å². The zero-order valence-corrected chi connectivity index (χ0v) is 21.6. The molecule has 36 heavy (non-hydrogen) atoms. The monoisotopic (exact) mass is 521 g/mol. The Hall–Kier alpha value is -3.42. The molecule has 0 spiro atoms. The number of ether oxygens (including phenoxy) is 1. The minimum atomic E-state index is -0.697. The number of amides is 2. The van der Waals surface area contributed by atoms with Crippen molar-refractivity contribution in [3.63, 3.8) is 0 Å². The van der Waals surface area contributed by atoms with E-state index in [0.717, 1.165) is 17.7 Å². The van der Waals surface area contributed by atoms with Gasteiger partial charge in [-0.2, -0.15) is 0 Å². The first-order valence-electron chi connectivity index (χ1n) is 11.9. The van der Waals surface area contributed by atoms with Crippen LogP contribution in [0, 0.1) is 0 Å². The van der Waals surface area contributed by atoms with Crippen molar-refractivity contribution in [3.8, 4) is 5.75 Å². The molecule has 0 radical (unpaired) electrons. The minimum Gasteiger partial charge on any atom is -0.494 e. The fourth-order valence-corrected chi connectivity index (χ4v) is 4.58. The molecule has 1 aliphatic rings. The third kappa shape index (κ3) is 6.22. The van der Waals surface area contributed by atoms with Gasteiger partial charge in [0.25, 0.3) is 5.91 Å². The van der Waals surface area contributed by atoms with E-state index >= 15 is 0 Å². The van der Waals surface area contributed by atoms with Crippen molar-refractivity contribution < 1.29 is 14.3 Å². The van der Waals surface area contributed by atoms with E-state index in [0.29, 0.717) is 41.1 Å². The number of para-hydroxylation sites is 1. The zero-order chi connectivity index (χ0) is 25.5. The molecule has 1 saturated heterocycles. The van der Waals surface area contributed by atoms with E-state index in [1.807, 2.05) is 78.6 Å². The van der Waals surface area contributed by atoms with E-state index in [-0.39, 0.29) is 18.2 Å². The van der Waals surface area contributed by atoms with E-state index in [9.17, 15) is 9.59 Å². The van der Waals surface area contributed by atoms with Gasteiger partial charge < -0.3 is 15.0 Å². The number of rotatable bonds is 10. The summed E-state index contributed by atoms with van der Waals surface area (Å²) in [4.78, 5) is 29.8. The number of carbonyl (C=O) groups excluding carboxylic acids is 2. The normalized spacial score (nSPS) is 15.3. The van der Waals surface area contributed by atoms with E-state index in [1.54, 1.807) is 12.1 Å². The molecule has 8 heteroatoms. The lowest BCUT2D eigenvalue weighted by Gasteiger charge is -2.24. The van der Waals surface area contributed by atoms with E-state index < -0.39 is 6.04 Å². The molecule has 3 aromatic carbocycles. The molecule has 1 aliphatic heterocycles. The van der Waals surface area contributed by atoms with Crippen molar-refractivity contribution in [3.05, 3.63) is 89.4 Å². The number of hydrogen-bond donors (Lipinski definition) is 1. The molecule has 186 valence electrons. The third-order valence-electron chi connectivity index (χ3n) is 5.88. The predicted molar refractivity (Wildman–Crippen MR) is 148 cm³/mol. The van der Waals surface area contributed by atoms with Crippen LogP contribution in [0.5, 0.6) is 5.75 Å². The first-order chi connectivity index (χ1) is 17.5. The predicted octanol–water partition coefficient (Wildman–Crippen LogP) is 5.70. The van der Waals surface area contributed by atoms with Crippen molar-refractivity contribution in [1.82, 2.24) is 4.90 Å². The lowest BCUT2D eigenvalue weighted by Crippen LogP contribution is -2.39. The summed E-state index contributed by atoms with van der Waals surface area (Å²) in [7, 11) is 0. The Bertz CT molecular complexity index is 1200. The molecule has 0 unspecified atom stereocenters. The molecule has 0 aromatic heterocycles. The summed E-state index contributed by atoms with van der Waals surface area (Å²) in [6.07, 6.45) is 1.56. The topological polar surface area (TPSA) is 61.9 Å². The Kier molecular flexibility index (Phi) is 8.57. The summed E-state index contributed by atoms with van der Waals surface area (Å²) >= 11 is 11.7. The van der Waals surface area contributed by atoms with Gasteiger partial charge in [0.15, 0.2) is 5.11 Å². The van der Waals surface area contributed by atoms with Gasteiger partial charge in [0.05, 0.1) is 18.7 Å². The second-order valence-corrected chi connectivity index (χ2v) is 9.30. The first kappa shape index (κ1) is 25.7. The van der Waals surface area contributed by atoms with Crippen molar-refractivity contribution in [2.45, 2.75) is 32.2 Å². The Morgan fingerprint density at radius 3 is 2.39 bits per heavy atom. The van der Waals surface area contributed by atoms with Crippen molar-refractivity contribution in [2.75, 3.05) is 23.4 Å². The average Bonchev–Trinajstić information content (AvgIpc) is 3.12. The number of nitrogens with zero attached hydrogens (tertiary/aromatic N) is 2. The van der Waals surface area contributed by atoms with Crippen LogP contribution < -0.4 is 15.0 Å². The highest BCUT2D eigenvalue weighted by atomic mass is 35.5. The van der Waals surface area contributed by atoms with Crippen LogP contribution in [0.15, 0.2) is 78.9 Å². The molecular formula is C28H28ClN3O3S. The molecular weight excluding hydrogens is 494 g/mol. The van der Waals surface area contributed by atoms with Gasteiger partial charge in [0.1, 0.15) is 11.8 Å². The maximum Gasteiger partial charge on any atom is 0.256 e. The lowest BCUT2D eigenvalue weighted by atomic mass is 10.1. The first-order valence-corrected chi connectivity index (χ1v) is 12.7. The number of benzene rings is 3. The molecule has 0 aliphatic carbocycles. The molecule has 0 bridgehead atoms. The molecule has 4 rings (SSSR count). The van der Waals surface area contributed by atoms with Gasteiger partial charge in [0, 0.05) is 17.3 Å². The van der Waals surface area contributed by atoms with Gasteiger partial charge in [-0.15, -0.1) is 0 Å². The molecule has 6 nitrogen and oxygen atoms in total. The number of nitrogens with one attached hydrogen (secondary N) is 1. The van der Waals surface area contributed by atoms with Gasteiger partial charge in [-0.3, -0.25) is 14.5 Å². The lowest BCUT2D eigenvalue weighted by molar-refractivity contribution is -0.124. The second-order valence-electron chi connectivity index (χ2n) is 8.50. The van der Waals surface area contributed by atoms with E-state index in [2.05, 4.69) is 5.32 Å². The van der Waals surface area contributed by atoms with Crippen LogP contribution >= 0.6 is 23.8 Å². The van der Waals surface area contributed by atoms with Crippen LogP contribution in [0.2, 0.25) is 5.02 Å². The van der Waals surface area contributed by atoms with Crippen LogP contribution in [-0.4, -0.2) is 41.0 Å². The van der Waals surface area contributed by atoms with Crippen molar-refractivity contribution >= 4 is 52.1 Å². The van der Waals surface area contributed by atoms with Gasteiger partial charge in [0.2, 0.25) is 5.91 Å². The number of anilines is 2. The summed E-state index contributed by atoms with van der Waals surface area (Å²) in [5.74, 6) is 0.281. The van der Waals surface area contributed by atoms with Crippen LogP contribution in [0.25, 0.3) is 0 Å². The van der Waals surface area contributed by atoms with Crippen molar-refractivity contribution in [2.24, 2.45) is 0 Å². The summed E-state index contributed by atoms with van der Waals surface area (Å²) in [5, 5.41) is 3.96. The SMILES string of the molecule is CCCOc1ccc(NC(=O)C[C@H]2C(=O)N(c3ccccc3)C(=S)N2CCc2ccc(Cl)cc2)cc1. The zero-order valence-electron chi connectivity index (χ0n) is 20.0. The smallest absolute Gasteiger partial charge is 0.256 e. The average molecular weight is 522 g/mol. The van der Waals surface area contributed by atoms with Gasteiger partial charge in [-0.05, 0) is 79.2 Å². The molecule has 1 atom stereocenters. The Labute approximate surface area is 221 Å². The maximum atomic E-state index is 13.5.